The van der Waals surface area contributed by atoms with Gasteiger partial charge in [0.1, 0.15) is 17.5 Å². The summed E-state index contributed by atoms with van der Waals surface area (Å²) in [6.07, 6.45) is 1.26. The molecule has 0 spiro atoms. The van der Waals surface area contributed by atoms with Gasteiger partial charge in [-0.05, 0) is 35.7 Å². The third-order valence-corrected chi connectivity index (χ3v) is 3.79. The number of amides is 1. The number of halogens is 2. The van der Waals surface area contributed by atoms with Gasteiger partial charge >= 0.3 is 0 Å². The summed E-state index contributed by atoms with van der Waals surface area (Å²) in [5, 5.41) is 14.7. The molecule has 0 unspecified atom stereocenters. The summed E-state index contributed by atoms with van der Waals surface area (Å²) in [6, 6.07) is 13.3. The van der Waals surface area contributed by atoms with E-state index >= 15 is 0 Å². The zero-order chi connectivity index (χ0) is 18.4. The van der Waals surface area contributed by atoms with Crippen molar-refractivity contribution < 1.29 is 9.18 Å². The fraction of sp³-hybridized carbons (Fsp3) is 0.158. The Kier molecular flexibility index (Phi) is 6.15. The minimum absolute atomic E-state index is 0.0489. The van der Waals surface area contributed by atoms with E-state index in [1.54, 1.807) is 6.07 Å². The van der Waals surface area contributed by atoms with Gasteiger partial charge in [-0.25, -0.2) is 4.39 Å². The van der Waals surface area contributed by atoms with Crippen LogP contribution >= 0.6 is 11.6 Å². The molecule has 25 heavy (non-hydrogen) atoms. The zero-order valence-electron chi connectivity index (χ0n) is 13.8. The lowest BCUT2D eigenvalue weighted by atomic mass is 10.0. The van der Waals surface area contributed by atoms with Crippen molar-refractivity contribution in [1.82, 2.24) is 0 Å². The van der Waals surface area contributed by atoms with E-state index in [0.29, 0.717) is 11.4 Å². The van der Waals surface area contributed by atoms with Crippen molar-refractivity contribution in [3.8, 4) is 6.07 Å². The Labute approximate surface area is 150 Å². The topological polar surface area (TPSA) is 64.9 Å². The molecule has 2 N–H and O–H groups in total. The second-order valence-electron chi connectivity index (χ2n) is 5.64. The molecule has 0 aliphatic rings. The average Bonchev–Trinajstić information content (AvgIpc) is 2.58. The Hall–Kier alpha value is -2.84. The number of nitrogens with zero attached hydrogens (tertiary/aromatic N) is 1. The molecule has 0 saturated heterocycles. The first kappa shape index (κ1) is 18.5. The molecular formula is C19H17ClFN3O. The Morgan fingerprint density at radius 3 is 2.64 bits per heavy atom. The van der Waals surface area contributed by atoms with Crippen molar-refractivity contribution in [2.75, 3.05) is 10.6 Å². The third kappa shape index (κ3) is 4.82. The van der Waals surface area contributed by atoms with E-state index in [4.69, 9.17) is 11.6 Å². The highest BCUT2D eigenvalue weighted by atomic mass is 35.5. The smallest absolute Gasteiger partial charge is 0.267 e. The van der Waals surface area contributed by atoms with Crippen molar-refractivity contribution in [1.29, 1.82) is 5.26 Å². The van der Waals surface area contributed by atoms with Gasteiger partial charge < -0.3 is 10.6 Å². The summed E-state index contributed by atoms with van der Waals surface area (Å²) in [5.41, 5.74) is 1.99. The fourth-order valence-corrected chi connectivity index (χ4v) is 2.37. The van der Waals surface area contributed by atoms with Gasteiger partial charge in [0, 0.05) is 17.6 Å². The quantitative estimate of drug-likeness (QED) is 0.580. The first-order valence-corrected chi connectivity index (χ1v) is 8.02. The Balaban J connectivity index is 2.16. The highest BCUT2D eigenvalue weighted by Gasteiger charge is 2.13. The Morgan fingerprint density at radius 2 is 2.00 bits per heavy atom. The summed E-state index contributed by atoms with van der Waals surface area (Å²) >= 11 is 5.70. The largest absolute Gasteiger partial charge is 0.360 e. The molecule has 2 rings (SSSR count). The fourth-order valence-electron chi connectivity index (χ4n) is 2.19. The predicted octanol–water partition coefficient (Wildman–Crippen LogP) is 5.06. The van der Waals surface area contributed by atoms with Crippen LogP contribution in [-0.4, -0.2) is 5.91 Å². The van der Waals surface area contributed by atoms with Crippen LogP contribution in [0, 0.1) is 17.1 Å². The molecule has 0 saturated carbocycles. The van der Waals surface area contributed by atoms with Gasteiger partial charge in [0.05, 0.1) is 5.02 Å². The number of anilines is 2. The standard InChI is InChI=1S/C19H17ClFN3O/c1-12(2)15-5-3-4-6-18(15)24-19(25)13(10-22)11-23-14-7-8-17(21)16(20)9-14/h3-9,11-12,23H,1-2H3,(H,24,25)/b13-11-. The van der Waals surface area contributed by atoms with Crippen LogP contribution in [0.5, 0.6) is 0 Å². The van der Waals surface area contributed by atoms with E-state index in [1.165, 1.54) is 24.4 Å². The number of carbonyl (C=O) groups excluding carboxylic acids is 1. The summed E-state index contributed by atoms with van der Waals surface area (Å²) in [7, 11) is 0. The van der Waals surface area contributed by atoms with Gasteiger partial charge in [-0.3, -0.25) is 4.79 Å². The van der Waals surface area contributed by atoms with Gasteiger partial charge in [-0.2, -0.15) is 5.26 Å². The molecule has 0 heterocycles. The minimum atomic E-state index is -0.542. The van der Waals surface area contributed by atoms with Gasteiger partial charge in [0.2, 0.25) is 0 Å². The van der Waals surface area contributed by atoms with Gasteiger partial charge in [-0.1, -0.05) is 43.6 Å². The molecule has 2 aromatic carbocycles. The Morgan fingerprint density at radius 1 is 1.28 bits per heavy atom. The van der Waals surface area contributed by atoms with E-state index in [0.717, 1.165) is 5.56 Å². The highest BCUT2D eigenvalue weighted by molar-refractivity contribution is 6.31. The number of benzene rings is 2. The summed E-state index contributed by atoms with van der Waals surface area (Å²) in [5.74, 6) is -0.846. The van der Waals surface area contributed by atoms with Crippen molar-refractivity contribution in [2.24, 2.45) is 0 Å². The lowest BCUT2D eigenvalue weighted by molar-refractivity contribution is -0.112. The maximum Gasteiger partial charge on any atom is 0.267 e. The van der Waals surface area contributed by atoms with Crippen LogP contribution < -0.4 is 10.6 Å². The van der Waals surface area contributed by atoms with E-state index < -0.39 is 11.7 Å². The molecular weight excluding hydrogens is 341 g/mol. The number of nitriles is 1. The summed E-state index contributed by atoms with van der Waals surface area (Å²) in [4.78, 5) is 12.3. The van der Waals surface area contributed by atoms with Gasteiger partial charge in [0.25, 0.3) is 5.91 Å². The lowest BCUT2D eigenvalue weighted by Gasteiger charge is -2.13. The minimum Gasteiger partial charge on any atom is -0.360 e. The molecule has 2 aromatic rings. The van der Waals surface area contributed by atoms with E-state index in [-0.39, 0.29) is 16.5 Å². The second-order valence-corrected chi connectivity index (χ2v) is 6.05. The van der Waals surface area contributed by atoms with Crippen molar-refractivity contribution in [3.05, 3.63) is 70.6 Å². The van der Waals surface area contributed by atoms with E-state index in [1.807, 2.05) is 38.1 Å². The number of hydrogen-bond acceptors (Lipinski definition) is 3. The first-order chi connectivity index (χ1) is 11.9. The van der Waals surface area contributed by atoms with Crippen molar-refractivity contribution in [3.63, 3.8) is 0 Å². The molecule has 0 aromatic heterocycles. The van der Waals surface area contributed by atoms with Gasteiger partial charge in [-0.15, -0.1) is 0 Å². The lowest BCUT2D eigenvalue weighted by Crippen LogP contribution is -2.16. The van der Waals surface area contributed by atoms with Crippen LogP contribution in [0.1, 0.15) is 25.3 Å². The maximum atomic E-state index is 13.1. The number of carbonyl (C=O) groups is 1. The number of nitrogens with one attached hydrogen (secondary N) is 2. The first-order valence-electron chi connectivity index (χ1n) is 7.64. The van der Waals surface area contributed by atoms with Crippen molar-refractivity contribution in [2.45, 2.75) is 19.8 Å². The maximum absolute atomic E-state index is 13.1. The molecule has 0 atom stereocenters. The zero-order valence-corrected chi connectivity index (χ0v) is 14.6. The second kappa shape index (κ2) is 8.32. The normalized spacial score (nSPS) is 11.1. The molecule has 1 amide bonds. The summed E-state index contributed by atoms with van der Waals surface area (Å²) < 4.78 is 13.1. The number of rotatable bonds is 5. The van der Waals surface area contributed by atoms with Crippen molar-refractivity contribution >= 4 is 28.9 Å². The van der Waals surface area contributed by atoms with Crippen LogP contribution in [0.15, 0.2) is 54.2 Å². The molecule has 0 aliphatic carbocycles. The highest BCUT2D eigenvalue weighted by Crippen LogP contribution is 2.24. The van der Waals surface area contributed by atoms with E-state index in [2.05, 4.69) is 10.6 Å². The number of para-hydroxylation sites is 1. The molecule has 128 valence electrons. The average molecular weight is 358 g/mol. The number of hydrogen-bond donors (Lipinski definition) is 2. The molecule has 0 fully saturated rings. The van der Waals surface area contributed by atoms with Crippen LogP contribution in [0.2, 0.25) is 5.02 Å². The SMILES string of the molecule is CC(C)c1ccccc1NC(=O)/C(C#N)=C\Nc1ccc(F)c(Cl)c1. The molecule has 0 radical (unpaired) electrons. The molecule has 4 nitrogen and oxygen atoms in total. The summed E-state index contributed by atoms with van der Waals surface area (Å²) in [6.45, 7) is 4.04. The monoisotopic (exact) mass is 357 g/mol. The molecule has 0 bridgehead atoms. The molecule has 6 heteroatoms. The predicted molar refractivity (Wildman–Crippen MR) is 97.9 cm³/mol. The Bertz CT molecular complexity index is 856. The van der Waals surface area contributed by atoms with E-state index in [9.17, 15) is 14.4 Å². The van der Waals surface area contributed by atoms with Crippen LogP contribution in [0.4, 0.5) is 15.8 Å². The third-order valence-electron chi connectivity index (χ3n) is 3.50. The van der Waals surface area contributed by atoms with Crippen LogP contribution in [0.25, 0.3) is 0 Å². The molecule has 0 aliphatic heterocycles. The van der Waals surface area contributed by atoms with Crippen LogP contribution in [-0.2, 0) is 4.79 Å². The van der Waals surface area contributed by atoms with Crippen LogP contribution in [0.3, 0.4) is 0 Å². The van der Waals surface area contributed by atoms with Gasteiger partial charge in [0.15, 0.2) is 0 Å².